The van der Waals surface area contributed by atoms with Crippen LogP contribution in [0.2, 0.25) is 0 Å². The van der Waals surface area contributed by atoms with Gasteiger partial charge in [-0.05, 0) is 18.9 Å². The Morgan fingerprint density at radius 3 is 2.89 bits per heavy atom. The maximum Gasteiger partial charge on any atom is 0.236 e. The van der Waals surface area contributed by atoms with Crippen molar-refractivity contribution in [3.05, 3.63) is 35.9 Å². The molecule has 98 valence electrons. The van der Waals surface area contributed by atoms with Crippen molar-refractivity contribution >= 4 is 5.91 Å². The van der Waals surface area contributed by atoms with Crippen LogP contribution in [0, 0.1) is 0 Å². The molecule has 0 spiro atoms. The highest BCUT2D eigenvalue weighted by Gasteiger charge is 2.24. The van der Waals surface area contributed by atoms with Crippen molar-refractivity contribution in [2.45, 2.75) is 32.0 Å². The van der Waals surface area contributed by atoms with Crippen molar-refractivity contribution in [1.82, 2.24) is 10.2 Å². The van der Waals surface area contributed by atoms with E-state index in [4.69, 9.17) is 5.73 Å². The summed E-state index contributed by atoms with van der Waals surface area (Å²) in [6.45, 7) is 4.60. The molecule has 4 heteroatoms. The van der Waals surface area contributed by atoms with Gasteiger partial charge in [-0.2, -0.15) is 0 Å². The summed E-state index contributed by atoms with van der Waals surface area (Å²) in [6, 6.07) is 10.2. The number of nitrogens with two attached hydrogens (primary N) is 1. The monoisotopic (exact) mass is 247 g/mol. The minimum absolute atomic E-state index is 0.0541. The lowest BCUT2D eigenvalue weighted by atomic mass is 10.2. The second-order valence-electron chi connectivity index (χ2n) is 5.00. The van der Waals surface area contributed by atoms with Crippen molar-refractivity contribution in [3.63, 3.8) is 0 Å². The molecule has 1 amide bonds. The lowest BCUT2D eigenvalue weighted by Crippen LogP contribution is -2.44. The second-order valence-corrected chi connectivity index (χ2v) is 5.00. The molecule has 2 atom stereocenters. The lowest BCUT2D eigenvalue weighted by Gasteiger charge is -2.17. The molecule has 1 fully saturated rings. The van der Waals surface area contributed by atoms with Gasteiger partial charge in [-0.15, -0.1) is 0 Å². The third kappa shape index (κ3) is 3.55. The number of rotatable bonds is 4. The van der Waals surface area contributed by atoms with Crippen LogP contribution in [-0.2, 0) is 11.3 Å². The van der Waals surface area contributed by atoms with E-state index < -0.39 is 6.04 Å². The quantitative estimate of drug-likeness (QED) is 0.824. The molecule has 0 aromatic heterocycles. The predicted molar refractivity (Wildman–Crippen MR) is 71.9 cm³/mol. The summed E-state index contributed by atoms with van der Waals surface area (Å²) < 4.78 is 0. The third-order valence-corrected chi connectivity index (χ3v) is 3.28. The highest BCUT2D eigenvalue weighted by molar-refractivity contribution is 5.81. The first-order chi connectivity index (χ1) is 8.65. The van der Waals surface area contributed by atoms with Crippen LogP contribution < -0.4 is 11.1 Å². The number of hydrogen-bond donors (Lipinski definition) is 2. The molecular weight excluding hydrogens is 226 g/mol. The van der Waals surface area contributed by atoms with Gasteiger partial charge in [-0.1, -0.05) is 30.3 Å². The molecule has 0 radical (unpaired) electrons. The number of nitrogens with one attached hydrogen (secondary N) is 1. The summed E-state index contributed by atoms with van der Waals surface area (Å²) in [4.78, 5) is 13.9. The van der Waals surface area contributed by atoms with Crippen LogP contribution >= 0.6 is 0 Å². The van der Waals surface area contributed by atoms with Gasteiger partial charge in [0.1, 0.15) is 0 Å². The standard InChI is InChI=1S/C14H21N3O/c1-11(15)14(18)16-13-7-8-17(10-13)9-12-5-3-2-4-6-12/h2-6,11,13H,7-10,15H2,1H3,(H,16,18)/t11-,13?/m0/s1. The molecule has 18 heavy (non-hydrogen) atoms. The molecule has 2 rings (SSSR count). The number of carbonyl (C=O) groups excluding carboxylic acids is 1. The van der Waals surface area contributed by atoms with E-state index in [1.165, 1.54) is 5.56 Å². The van der Waals surface area contributed by atoms with Gasteiger partial charge >= 0.3 is 0 Å². The summed E-state index contributed by atoms with van der Waals surface area (Å²) in [5.41, 5.74) is 6.86. The predicted octanol–water partition coefficient (Wildman–Crippen LogP) is 0.724. The fraction of sp³-hybridized carbons (Fsp3) is 0.500. The smallest absolute Gasteiger partial charge is 0.236 e. The second kappa shape index (κ2) is 5.98. The van der Waals surface area contributed by atoms with Crippen LogP contribution in [0.1, 0.15) is 18.9 Å². The maximum atomic E-state index is 11.5. The highest BCUT2D eigenvalue weighted by atomic mass is 16.2. The van der Waals surface area contributed by atoms with E-state index in [0.717, 1.165) is 26.1 Å². The van der Waals surface area contributed by atoms with E-state index in [0.29, 0.717) is 0 Å². The fourth-order valence-corrected chi connectivity index (χ4v) is 2.27. The molecule has 1 unspecified atom stereocenters. The Kier molecular flexibility index (Phi) is 4.33. The van der Waals surface area contributed by atoms with Gasteiger partial charge < -0.3 is 11.1 Å². The lowest BCUT2D eigenvalue weighted by molar-refractivity contribution is -0.122. The Labute approximate surface area is 108 Å². The topological polar surface area (TPSA) is 58.4 Å². The molecule has 3 N–H and O–H groups in total. The van der Waals surface area contributed by atoms with Crippen LogP contribution in [0.5, 0.6) is 0 Å². The van der Waals surface area contributed by atoms with E-state index in [9.17, 15) is 4.79 Å². The molecule has 1 aromatic rings. The van der Waals surface area contributed by atoms with Crippen molar-refractivity contribution in [2.24, 2.45) is 5.73 Å². The molecule has 0 saturated carbocycles. The Morgan fingerprint density at radius 1 is 1.50 bits per heavy atom. The van der Waals surface area contributed by atoms with Gasteiger partial charge in [0.2, 0.25) is 5.91 Å². The molecule has 1 aromatic carbocycles. The minimum Gasteiger partial charge on any atom is -0.351 e. The number of amides is 1. The van der Waals surface area contributed by atoms with E-state index in [-0.39, 0.29) is 11.9 Å². The SMILES string of the molecule is C[C@H](N)C(=O)NC1CCN(Cc2ccccc2)C1. The maximum absolute atomic E-state index is 11.5. The zero-order chi connectivity index (χ0) is 13.0. The average Bonchev–Trinajstić information content (AvgIpc) is 2.77. The number of likely N-dealkylation sites (tertiary alicyclic amines) is 1. The molecule has 1 aliphatic heterocycles. The Hall–Kier alpha value is -1.39. The number of hydrogen-bond acceptors (Lipinski definition) is 3. The van der Waals surface area contributed by atoms with Crippen LogP contribution in [0.25, 0.3) is 0 Å². The molecule has 0 bridgehead atoms. The molecule has 1 saturated heterocycles. The molecule has 4 nitrogen and oxygen atoms in total. The van der Waals surface area contributed by atoms with E-state index >= 15 is 0 Å². The number of benzene rings is 1. The first-order valence-electron chi connectivity index (χ1n) is 6.47. The minimum atomic E-state index is -0.423. The van der Waals surface area contributed by atoms with Gasteiger partial charge in [0, 0.05) is 25.7 Å². The van der Waals surface area contributed by atoms with Crippen LogP contribution in [0.4, 0.5) is 0 Å². The van der Waals surface area contributed by atoms with Crippen molar-refractivity contribution in [3.8, 4) is 0 Å². The summed E-state index contributed by atoms with van der Waals surface area (Å²) in [6.07, 6.45) is 1.01. The molecular formula is C14H21N3O. The van der Waals surface area contributed by atoms with Crippen molar-refractivity contribution < 1.29 is 4.79 Å². The van der Waals surface area contributed by atoms with Crippen LogP contribution in [0.15, 0.2) is 30.3 Å². The Bertz CT molecular complexity index is 391. The van der Waals surface area contributed by atoms with Gasteiger partial charge in [-0.3, -0.25) is 9.69 Å². The Morgan fingerprint density at radius 2 is 2.22 bits per heavy atom. The number of carbonyl (C=O) groups is 1. The third-order valence-electron chi connectivity index (χ3n) is 3.28. The Balaban J connectivity index is 1.80. The van der Waals surface area contributed by atoms with Crippen molar-refractivity contribution in [2.75, 3.05) is 13.1 Å². The molecule has 0 aliphatic carbocycles. The first-order valence-corrected chi connectivity index (χ1v) is 6.47. The summed E-state index contributed by atoms with van der Waals surface area (Å²) in [5.74, 6) is -0.0541. The molecule has 1 heterocycles. The van der Waals surface area contributed by atoms with E-state index in [2.05, 4.69) is 34.5 Å². The molecule has 1 aliphatic rings. The zero-order valence-corrected chi connectivity index (χ0v) is 10.8. The summed E-state index contributed by atoms with van der Waals surface area (Å²) in [5, 5.41) is 2.99. The first kappa shape index (κ1) is 13.1. The van der Waals surface area contributed by atoms with Gasteiger partial charge in [0.15, 0.2) is 0 Å². The number of nitrogens with zero attached hydrogens (tertiary/aromatic N) is 1. The fourth-order valence-electron chi connectivity index (χ4n) is 2.27. The summed E-state index contributed by atoms with van der Waals surface area (Å²) >= 11 is 0. The van der Waals surface area contributed by atoms with Crippen molar-refractivity contribution in [1.29, 1.82) is 0 Å². The van der Waals surface area contributed by atoms with E-state index in [1.807, 2.05) is 6.07 Å². The largest absolute Gasteiger partial charge is 0.351 e. The van der Waals surface area contributed by atoms with Crippen LogP contribution in [-0.4, -0.2) is 36.0 Å². The van der Waals surface area contributed by atoms with Gasteiger partial charge in [0.25, 0.3) is 0 Å². The highest BCUT2D eigenvalue weighted by Crippen LogP contribution is 2.13. The average molecular weight is 247 g/mol. The normalized spacial score (nSPS) is 21.8. The van der Waals surface area contributed by atoms with Gasteiger partial charge in [-0.25, -0.2) is 0 Å². The van der Waals surface area contributed by atoms with Gasteiger partial charge in [0.05, 0.1) is 6.04 Å². The zero-order valence-electron chi connectivity index (χ0n) is 10.8. The van der Waals surface area contributed by atoms with Crippen LogP contribution in [0.3, 0.4) is 0 Å². The van der Waals surface area contributed by atoms with E-state index in [1.54, 1.807) is 6.92 Å². The summed E-state index contributed by atoms with van der Waals surface area (Å²) in [7, 11) is 0.